The monoisotopic (exact) mass is 218 g/mol. The molecule has 1 aliphatic rings. The van der Waals surface area contributed by atoms with Gasteiger partial charge in [-0.25, -0.2) is 0 Å². The highest BCUT2D eigenvalue weighted by atomic mass is 35.5. The molecule has 1 aliphatic carbocycles. The molecule has 84 valence electrons. The Morgan fingerprint density at radius 3 is 2.43 bits per heavy atom. The predicted octanol–water partition coefficient (Wildman–Crippen LogP) is 3.85. The van der Waals surface area contributed by atoms with Crippen molar-refractivity contribution < 1.29 is 4.74 Å². The van der Waals surface area contributed by atoms with E-state index in [0.717, 1.165) is 31.4 Å². The fourth-order valence-electron chi connectivity index (χ4n) is 1.84. The lowest BCUT2D eigenvalue weighted by molar-refractivity contribution is 0.0601. The molecule has 14 heavy (non-hydrogen) atoms. The second-order valence-electron chi connectivity index (χ2n) is 5.03. The molecule has 2 heteroatoms. The predicted molar refractivity (Wildman–Crippen MR) is 61.9 cm³/mol. The molecule has 0 saturated heterocycles. The van der Waals surface area contributed by atoms with Crippen LogP contribution in [-0.4, -0.2) is 19.1 Å². The molecule has 0 amide bonds. The van der Waals surface area contributed by atoms with Crippen LogP contribution in [0.3, 0.4) is 0 Å². The van der Waals surface area contributed by atoms with Crippen molar-refractivity contribution in [2.24, 2.45) is 11.3 Å². The number of halogens is 1. The zero-order valence-corrected chi connectivity index (χ0v) is 10.3. The molecule has 1 saturated carbocycles. The van der Waals surface area contributed by atoms with Gasteiger partial charge in [-0.2, -0.15) is 0 Å². The molecule has 0 bridgehead atoms. The van der Waals surface area contributed by atoms with Crippen molar-refractivity contribution in [3.8, 4) is 0 Å². The average Bonchev–Trinajstić information content (AvgIpc) is 2.08. The Kier molecular flexibility index (Phi) is 5.25. The van der Waals surface area contributed by atoms with Gasteiger partial charge in [0.15, 0.2) is 0 Å². The molecule has 0 aromatic rings. The summed E-state index contributed by atoms with van der Waals surface area (Å²) in [6, 6.07) is 0. The molecular formula is C12H23ClO. The van der Waals surface area contributed by atoms with Crippen LogP contribution in [0.1, 0.15) is 46.0 Å². The first-order chi connectivity index (χ1) is 6.68. The first kappa shape index (κ1) is 12.3. The molecule has 0 heterocycles. The Balaban J connectivity index is 1.97. The Morgan fingerprint density at radius 1 is 1.29 bits per heavy atom. The first-order valence-electron chi connectivity index (χ1n) is 5.82. The normalized spacial score (nSPS) is 19.7. The fraction of sp³-hybridized carbons (Fsp3) is 1.00. The number of ether oxygens (including phenoxy) is 1. The molecule has 0 aromatic carbocycles. The van der Waals surface area contributed by atoms with Crippen LogP contribution in [0.2, 0.25) is 0 Å². The van der Waals surface area contributed by atoms with Gasteiger partial charge in [0.25, 0.3) is 0 Å². The zero-order valence-electron chi connectivity index (χ0n) is 9.52. The van der Waals surface area contributed by atoms with Crippen molar-refractivity contribution >= 4 is 11.6 Å². The fourth-order valence-corrected chi connectivity index (χ4v) is 2.24. The second-order valence-corrected chi connectivity index (χ2v) is 5.30. The Hall–Kier alpha value is 0.250. The van der Waals surface area contributed by atoms with Crippen molar-refractivity contribution in [2.75, 3.05) is 19.1 Å². The summed E-state index contributed by atoms with van der Waals surface area (Å²) in [5.41, 5.74) is 0.444. The van der Waals surface area contributed by atoms with E-state index in [1.165, 1.54) is 25.7 Å². The van der Waals surface area contributed by atoms with Crippen LogP contribution in [0.4, 0.5) is 0 Å². The molecule has 0 aromatic heterocycles. The highest BCUT2D eigenvalue weighted by Gasteiger charge is 2.35. The van der Waals surface area contributed by atoms with Crippen LogP contribution in [0.15, 0.2) is 0 Å². The summed E-state index contributed by atoms with van der Waals surface area (Å²) < 4.78 is 5.62. The van der Waals surface area contributed by atoms with E-state index in [-0.39, 0.29) is 0 Å². The highest BCUT2D eigenvalue weighted by molar-refractivity contribution is 6.18. The van der Waals surface area contributed by atoms with Gasteiger partial charge in [0.1, 0.15) is 0 Å². The van der Waals surface area contributed by atoms with E-state index in [0.29, 0.717) is 5.41 Å². The lowest BCUT2D eigenvalue weighted by Gasteiger charge is -2.40. The van der Waals surface area contributed by atoms with Crippen LogP contribution < -0.4 is 0 Å². The van der Waals surface area contributed by atoms with Crippen LogP contribution in [-0.2, 0) is 4.74 Å². The SMILES string of the molecule is CC(C)CCOCCC1(CCl)CCC1. The molecule has 0 N–H and O–H groups in total. The van der Waals surface area contributed by atoms with Gasteiger partial charge in [-0.15, -0.1) is 11.6 Å². The minimum Gasteiger partial charge on any atom is -0.381 e. The van der Waals surface area contributed by atoms with E-state index in [4.69, 9.17) is 16.3 Å². The van der Waals surface area contributed by atoms with Gasteiger partial charge in [0.05, 0.1) is 0 Å². The topological polar surface area (TPSA) is 9.23 Å². The summed E-state index contributed by atoms with van der Waals surface area (Å²) in [7, 11) is 0. The first-order valence-corrected chi connectivity index (χ1v) is 6.36. The van der Waals surface area contributed by atoms with Crippen molar-refractivity contribution in [3.05, 3.63) is 0 Å². The van der Waals surface area contributed by atoms with Crippen molar-refractivity contribution in [1.82, 2.24) is 0 Å². The summed E-state index contributed by atoms with van der Waals surface area (Å²) in [5, 5.41) is 0. The third kappa shape index (κ3) is 3.78. The summed E-state index contributed by atoms with van der Waals surface area (Å²) >= 11 is 5.97. The Bertz CT molecular complexity index is 147. The molecule has 0 unspecified atom stereocenters. The number of alkyl halides is 1. The third-order valence-electron chi connectivity index (χ3n) is 3.31. The standard InChI is InChI=1S/C12H23ClO/c1-11(2)4-8-14-9-7-12(10-13)5-3-6-12/h11H,3-10H2,1-2H3. The molecule has 1 nitrogen and oxygen atoms in total. The van der Waals surface area contributed by atoms with Gasteiger partial charge in [-0.05, 0) is 37.0 Å². The summed E-state index contributed by atoms with van der Waals surface area (Å²) in [5.74, 6) is 1.57. The average molecular weight is 219 g/mol. The van der Waals surface area contributed by atoms with Gasteiger partial charge in [-0.1, -0.05) is 20.3 Å². The maximum absolute atomic E-state index is 5.97. The van der Waals surface area contributed by atoms with Gasteiger partial charge < -0.3 is 4.74 Å². The maximum atomic E-state index is 5.97. The summed E-state index contributed by atoms with van der Waals surface area (Å²) in [6.45, 7) is 6.28. The molecule has 0 aliphatic heterocycles. The molecule has 0 atom stereocenters. The lowest BCUT2D eigenvalue weighted by Crippen LogP contribution is -2.32. The van der Waals surface area contributed by atoms with Crippen LogP contribution >= 0.6 is 11.6 Å². The minimum absolute atomic E-state index is 0.444. The van der Waals surface area contributed by atoms with Gasteiger partial charge >= 0.3 is 0 Å². The van der Waals surface area contributed by atoms with Crippen LogP contribution in [0.5, 0.6) is 0 Å². The molecule has 0 spiro atoms. The zero-order chi connectivity index (χ0) is 10.4. The van der Waals surface area contributed by atoms with Crippen LogP contribution in [0, 0.1) is 11.3 Å². The molecule has 1 fully saturated rings. The smallest absolute Gasteiger partial charge is 0.0471 e. The van der Waals surface area contributed by atoms with Crippen molar-refractivity contribution in [1.29, 1.82) is 0 Å². The highest BCUT2D eigenvalue weighted by Crippen LogP contribution is 2.44. The lowest BCUT2D eigenvalue weighted by atomic mass is 9.68. The Morgan fingerprint density at radius 2 is 2.00 bits per heavy atom. The van der Waals surface area contributed by atoms with E-state index in [9.17, 15) is 0 Å². The third-order valence-corrected chi connectivity index (χ3v) is 3.88. The molecule has 1 rings (SSSR count). The van der Waals surface area contributed by atoms with E-state index in [2.05, 4.69) is 13.8 Å². The molecule has 0 radical (unpaired) electrons. The van der Waals surface area contributed by atoms with Crippen molar-refractivity contribution in [2.45, 2.75) is 46.0 Å². The van der Waals surface area contributed by atoms with Gasteiger partial charge in [0.2, 0.25) is 0 Å². The van der Waals surface area contributed by atoms with E-state index < -0.39 is 0 Å². The van der Waals surface area contributed by atoms with Gasteiger partial charge in [0, 0.05) is 19.1 Å². The second kappa shape index (κ2) is 5.97. The minimum atomic E-state index is 0.444. The van der Waals surface area contributed by atoms with E-state index in [1.54, 1.807) is 0 Å². The Labute approximate surface area is 93.2 Å². The maximum Gasteiger partial charge on any atom is 0.0471 e. The number of rotatable bonds is 7. The van der Waals surface area contributed by atoms with Crippen LogP contribution in [0.25, 0.3) is 0 Å². The number of hydrogen-bond acceptors (Lipinski definition) is 1. The largest absolute Gasteiger partial charge is 0.381 e. The number of hydrogen-bond donors (Lipinski definition) is 0. The van der Waals surface area contributed by atoms with Gasteiger partial charge in [-0.3, -0.25) is 0 Å². The van der Waals surface area contributed by atoms with E-state index in [1.807, 2.05) is 0 Å². The molecular weight excluding hydrogens is 196 g/mol. The summed E-state index contributed by atoms with van der Waals surface area (Å²) in [4.78, 5) is 0. The summed E-state index contributed by atoms with van der Waals surface area (Å²) in [6.07, 6.45) is 6.31. The van der Waals surface area contributed by atoms with E-state index >= 15 is 0 Å². The quantitative estimate of drug-likeness (QED) is 0.466. The van der Waals surface area contributed by atoms with Crippen molar-refractivity contribution in [3.63, 3.8) is 0 Å².